The molecule has 1 aromatic heterocycles. The Morgan fingerprint density at radius 3 is 2.63 bits per heavy atom. The van der Waals surface area contributed by atoms with Crippen LogP contribution >= 0.6 is 0 Å². The zero-order chi connectivity index (χ0) is 13.8. The SMILES string of the molecule is CCCNC(C)c1ccccc1-c1cnn(C)c1C. The normalized spacial score (nSPS) is 12.6. The molecule has 0 aliphatic carbocycles. The Bertz CT molecular complexity index is 543. The van der Waals surface area contributed by atoms with E-state index in [0.717, 1.165) is 13.0 Å². The first-order valence-corrected chi connectivity index (χ1v) is 6.96. The Balaban J connectivity index is 2.38. The highest BCUT2D eigenvalue weighted by atomic mass is 15.3. The summed E-state index contributed by atoms with van der Waals surface area (Å²) in [6.45, 7) is 7.57. The van der Waals surface area contributed by atoms with Crippen LogP contribution in [0.2, 0.25) is 0 Å². The maximum absolute atomic E-state index is 4.35. The summed E-state index contributed by atoms with van der Waals surface area (Å²) in [5.74, 6) is 0. The Kier molecular flexibility index (Phi) is 4.38. The molecule has 0 aliphatic rings. The number of rotatable bonds is 5. The number of nitrogens with zero attached hydrogens (tertiary/aromatic N) is 2. The number of benzene rings is 1. The molecule has 3 nitrogen and oxygen atoms in total. The third-order valence-corrected chi connectivity index (χ3v) is 3.65. The average molecular weight is 257 g/mol. The zero-order valence-corrected chi connectivity index (χ0v) is 12.3. The van der Waals surface area contributed by atoms with Crippen molar-refractivity contribution >= 4 is 0 Å². The largest absolute Gasteiger partial charge is 0.310 e. The molecule has 0 radical (unpaired) electrons. The van der Waals surface area contributed by atoms with Crippen LogP contribution in [0.5, 0.6) is 0 Å². The van der Waals surface area contributed by atoms with Crippen molar-refractivity contribution in [3.63, 3.8) is 0 Å². The van der Waals surface area contributed by atoms with Crippen molar-refractivity contribution in [2.45, 2.75) is 33.2 Å². The Morgan fingerprint density at radius 1 is 1.26 bits per heavy atom. The average Bonchev–Trinajstić information content (AvgIpc) is 2.76. The Morgan fingerprint density at radius 2 is 2.00 bits per heavy atom. The molecule has 0 aliphatic heterocycles. The number of hydrogen-bond acceptors (Lipinski definition) is 2. The van der Waals surface area contributed by atoms with Crippen molar-refractivity contribution in [3.8, 4) is 11.1 Å². The molecule has 0 amide bonds. The van der Waals surface area contributed by atoms with Crippen molar-refractivity contribution in [1.82, 2.24) is 15.1 Å². The number of aryl methyl sites for hydroxylation is 1. The fraction of sp³-hybridized carbons (Fsp3) is 0.438. The number of aromatic nitrogens is 2. The smallest absolute Gasteiger partial charge is 0.0571 e. The predicted octanol–water partition coefficient (Wildman–Crippen LogP) is 3.46. The van der Waals surface area contributed by atoms with E-state index in [1.54, 1.807) is 0 Å². The van der Waals surface area contributed by atoms with Gasteiger partial charge in [0.1, 0.15) is 0 Å². The predicted molar refractivity (Wildman–Crippen MR) is 80.1 cm³/mol. The van der Waals surface area contributed by atoms with E-state index in [2.05, 4.69) is 55.5 Å². The van der Waals surface area contributed by atoms with Gasteiger partial charge in [0.05, 0.1) is 6.20 Å². The first-order chi connectivity index (χ1) is 9.15. The summed E-state index contributed by atoms with van der Waals surface area (Å²) in [7, 11) is 1.99. The topological polar surface area (TPSA) is 29.9 Å². The fourth-order valence-corrected chi connectivity index (χ4v) is 2.35. The van der Waals surface area contributed by atoms with E-state index in [0.29, 0.717) is 6.04 Å². The highest BCUT2D eigenvalue weighted by Gasteiger charge is 2.14. The van der Waals surface area contributed by atoms with Crippen molar-refractivity contribution in [1.29, 1.82) is 0 Å². The van der Waals surface area contributed by atoms with Crippen molar-refractivity contribution < 1.29 is 0 Å². The van der Waals surface area contributed by atoms with Crippen LogP contribution in [0.4, 0.5) is 0 Å². The Hall–Kier alpha value is -1.61. The quantitative estimate of drug-likeness (QED) is 0.889. The summed E-state index contributed by atoms with van der Waals surface area (Å²) in [5.41, 5.74) is 5.05. The van der Waals surface area contributed by atoms with Crippen LogP contribution in [0.3, 0.4) is 0 Å². The van der Waals surface area contributed by atoms with Gasteiger partial charge in [-0.25, -0.2) is 0 Å². The summed E-state index contributed by atoms with van der Waals surface area (Å²) in [6.07, 6.45) is 3.11. The number of nitrogens with one attached hydrogen (secondary N) is 1. The molecule has 0 bridgehead atoms. The van der Waals surface area contributed by atoms with E-state index in [-0.39, 0.29) is 0 Å². The second kappa shape index (κ2) is 6.02. The minimum atomic E-state index is 0.357. The van der Waals surface area contributed by atoms with E-state index in [9.17, 15) is 0 Å². The molecule has 1 aromatic carbocycles. The number of hydrogen-bond donors (Lipinski definition) is 1. The van der Waals surface area contributed by atoms with Crippen LogP contribution < -0.4 is 5.32 Å². The minimum Gasteiger partial charge on any atom is -0.310 e. The Labute approximate surface area is 115 Å². The van der Waals surface area contributed by atoms with Crippen molar-refractivity contribution in [3.05, 3.63) is 41.7 Å². The van der Waals surface area contributed by atoms with Crippen LogP contribution in [0.25, 0.3) is 11.1 Å². The molecule has 0 fully saturated rings. The minimum absolute atomic E-state index is 0.357. The third kappa shape index (κ3) is 2.87. The lowest BCUT2D eigenvalue weighted by atomic mass is 9.96. The van der Waals surface area contributed by atoms with E-state index >= 15 is 0 Å². The molecule has 1 unspecified atom stereocenters. The first-order valence-electron chi connectivity index (χ1n) is 6.96. The van der Waals surface area contributed by atoms with Crippen LogP contribution in [-0.2, 0) is 7.05 Å². The second-order valence-corrected chi connectivity index (χ2v) is 5.03. The van der Waals surface area contributed by atoms with Gasteiger partial charge in [-0.3, -0.25) is 4.68 Å². The van der Waals surface area contributed by atoms with E-state index in [4.69, 9.17) is 0 Å². The molecule has 1 heterocycles. The standard InChI is InChI=1S/C16H23N3/c1-5-10-17-12(2)14-8-6-7-9-15(14)16-11-18-19(4)13(16)3/h6-9,11-12,17H,5,10H2,1-4H3. The van der Waals surface area contributed by atoms with Gasteiger partial charge in [-0.15, -0.1) is 0 Å². The van der Waals surface area contributed by atoms with Gasteiger partial charge in [-0.1, -0.05) is 31.2 Å². The third-order valence-electron chi connectivity index (χ3n) is 3.65. The summed E-state index contributed by atoms with van der Waals surface area (Å²) >= 11 is 0. The molecular formula is C16H23N3. The highest BCUT2D eigenvalue weighted by Crippen LogP contribution is 2.30. The summed E-state index contributed by atoms with van der Waals surface area (Å²) in [5, 5.41) is 7.91. The van der Waals surface area contributed by atoms with Gasteiger partial charge in [-0.05, 0) is 37.9 Å². The van der Waals surface area contributed by atoms with Crippen LogP contribution in [0, 0.1) is 6.92 Å². The molecule has 0 spiro atoms. The van der Waals surface area contributed by atoms with E-state index in [1.807, 2.05) is 17.9 Å². The molecule has 0 saturated heterocycles. The van der Waals surface area contributed by atoms with Gasteiger partial charge in [0.25, 0.3) is 0 Å². The van der Waals surface area contributed by atoms with Gasteiger partial charge in [0.15, 0.2) is 0 Å². The van der Waals surface area contributed by atoms with Gasteiger partial charge in [-0.2, -0.15) is 5.10 Å². The van der Waals surface area contributed by atoms with Crippen LogP contribution in [0.15, 0.2) is 30.5 Å². The molecular weight excluding hydrogens is 234 g/mol. The lowest BCUT2D eigenvalue weighted by Gasteiger charge is -2.17. The van der Waals surface area contributed by atoms with Gasteiger partial charge in [0.2, 0.25) is 0 Å². The lowest BCUT2D eigenvalue weighted by molar-refractivity contribution is 0.571. The van der Waals surface area contributed by atoms with Gasteiger partial charge < -0.3 is 5.32 Å². The first kappa shape index (κ1) is 13.8. The molecule has 0 saturated carbocycles. The molecule has 1 N–H and O–H groups in total. The van der Waals surface area contributed by atoms with Crippen LogP contribution in [0.1, 0.15) is 37.6 Å². The molecule has 2 aromatic rings. The summed E-state index contributed by atoms with van der Waals surface area (Å²) in [6, 6.07) is 8.95. The molecule has 3 heteroatoms. The summed E-state index contributed by atoms with van der Waals surface area (Å²) < 4.78 is 1.93. The van der Waals surface area contributed by atoms with Gasteiger partial charge in [0, 0.05) is 24.3 Å². The van der Waals surface area contributed by atoms with E-state index in [1.165, 1.54) is 22.4 Å². The second-order valence-electron chi connectivity index (χ2n) is 5.03. The highest BCUT2D eigenvalue weighted by molar-refractivity contribution is 5.69. The molecule has 19 heavy (non-hydrogen) atoms. The van der Waals surface area contributed by atoms with Crippen molar-refractivity contribution in [2.75, 3.05) is 6.54 Å². The fourth-order valence-electron chi connectivity index (χ4n) is 2.35. The molecule has 2 rings (SSSR count). The molecule has 1 atom stereocenters. The monoisotopic (exact) mass is 257 g/mol. The molecule has 102 valence electrons. The van der Waals surface area contributed by atoms with E-state index < -0.39 is 0 Å². The zero-order valence-electron chi connectivity index (χ0n) is 12.3. The summed E-state index contributed by atoms with van der Waals surface area (Å²) in [4.78, 5) is 0. The van der Waals surface area contributed by atoms with Crippen LogP contribution in [-0.4, -0.2) is 16.3 Å². The maximum atomic E-state index is 4.35. The van der Waals surface area contributed by atoms with Crippen molar-refractivity contribution in [2.24, 2.45) is 7.05 Å². The maximum Gasteiger partial charge on any atom is 0.0571 e. The van der Waals surface area contributed by atoms with Gasteiger partial charge >= 0.3 is 0 Å². The lowest BCUT2D eigenvalue weighted by Crippen LogP contribution is -2.19.